The van der Waals surface area contributed by atoms with Crippen LogP contribution in [0.25, 0.3) is 20.4 Å². The third-order valence-electron chi connectivity index (χ3n) is 9.10. The minimum atomic E-state index is -0.246. The molecule has 0 fully saturated rings. The Kier molecular flexibility index (Phi) is 22.4. The van der Waals surface area contributed by atoms with E-state index >= 15 is 0 Å². The van der Waals surface area contributed by atoms with Crippen molar-refractivity contribution in [3.63, 3.8) is 0 Å². The fraction of sp³-hybridized carbons (Fsp3) is 0.160. The molecule has 8 rings (SSSR count). The number of fused-ring (bicyclic) bond motifs is 2. The van der Waals surface area contributed by atoms with Crippen LogP contribution in [0.5, 0.6) is 0 Å². The van der Waals surface area contributed by atoms with Crippen LogP contribution in [0.15, 0.2) is 133 Å². The summed E-state index contributed by atoms with van der Waals surface area (Å²) in [6, 6.07) is 35.5. The number of pyridine rings is 2. The Morgan fingerprint density at radius 1 is 0.507 bits per heavy atom. The van der Waals surface area contributed by atoms with Gasteiger partial charge < -0.3 is 31.9 Å². The summed E-state index contributed by atoms with van der Waals surface area (Å²) in [6.07, 6.45) is 3.37. The zero-order valence-electron chi connectivity index (χ0n) is 40.1. The summed E-state index contributed by atoms with van der Waals surface area (Å²) >= 11 is 24.6. The summed E-state index contributed by atoms with van der Waals surface area (Å²) in [6.45, 7) is 11.3. The van der Waals surface area contributed by atoms with E-state index < -0.39 is 0 Å². The lowest BCUT2D eigenvalue weighted by molar-refractivity contribution is -0.123. The number of anilines is 4. The number of aromatic nitrogens is 4. The highest BCUT2D eigenvalue weighted by Crippen LogP contribution is 2.27. The maximum Gasteiger partial charge on any atom is 0.267 e. The third kappa shape index (κ3) is 19.8. The number of thiophene rings is 1. The number of benzene rings is 3. The Hall–Kier alpha value is -7.12. The van der Waals surface area contributed by atoms with Crippen LogP contribution in [0, 0.1) is 25.7 Å². The first kappa shape index (κ1) is 56.8. The number of hydrogen-bond acceptors (Lipinski definition) is 15. The Balaban J connectivity index is 0.000000181. The zero-order chi connectivity index (χ0) is 52.9. The number of aryl methyl sites for hydroxylation is 2. The summed E-state index contributed by atoms with van der Waals surface area (Å²) in [5.41, 5.74) is 4.66. The molecule has 5 aromatic heterocycles. The largest absolute Gasteiger partial charge is 0.317 e. The standard InChI is InChI=1S/C13H15N3OS2.C13H11N3OS.C12H13N3OS2.C12H11N3OS2/c1-7(2)11(17)15-12(18)16-13-14-9-5-4-8(3)6-10(9)19-13;17-12(10-6-2-1-3-7-10)16-13(18)15-11-8-4-5-9-14-11;1-7(2)10(16)14-11(17)15-12-13-8-5-3-4-6-9(8)18-12;1-8-4-5-10(13-7-8)14-12(17)15-11(16)9-3-2-6-18-9/h4-7H,1-3H3,(H2,14,15,16,17,18);1-9H,(H2,14,15,16,17,18);3-7H,1-2H3,(H2,13,14,15,16,17);2-7H,1H3,(H2,13,14,15,16,17). The summed E-state index contributed by atoms with van der Waals surface area (Å²) in [7, 11) is 0. The van der Waals surface area contributed by atoms with Crippen LogP contribution in [-0.2, 0) is 9.59 Å². The Morgan fingerprint density at radius 3 is 1.59 bits per heavy atom. The van der Waals surface area contributed by atoms with Gasteiger partial charge in [-0.25, -0.2) is 19.9 Å². The Bertz CT molecular complexity index is 3130. The van der Waals surface area contributed by atoms with E-state index in [1.54, 1.807) is 60.9 Å². The van der Waals surface area contributed by atoms with E-state index in [1.807, 2.05) is 108 Å². The van der Waals surface area contributed by atoms with E-state index in [0.717, 1.165) is 26.0 Å². The highest BCUT2D eigenvalue weighted by molar-refractivity contribution is 7.81. The Morgan fingerprint density at radius 2 is 1.04 bits per heavy atom. The van der Waals surface area contributed by atoms with Crippen LogP contribution in [-0.4, -0.2) is 64.0 Å². The van der Waals surface area contributed by atoms with Crippen LogP contribution in [0.2, 0.25) is 0 Å². The van der Waals surface area contributed by atoms with Crippen LogP contribution >= 0.6 is 82.9 Å². The van der Waals surface area contributed by atoms with Crippen molar-refractivity contribution in [1.82, 2.24) is 41.2 Å². The molecule has 73 heavy (non-hydrogen) atoms. The summed E-state index contributed by atoms with van der Waals surface area (Å²) in [4.78, 5) is 64.1. The predicted octanol–water partition coefficient (Wildman–Crippen LogP) is 10.6. The molecule has 16 nitrogen and oxygen atoms in total. The van der Waals surface area contributed by atoms with Gasteiger partial charge in [-0.05, 0) is 140 Å². The zero-order valence-corrected chi connectivity index (χ0v) is 45.9. The number of carbonyl (C=O) groups is 4. The van der Waals surface area contributed by atoms with Gasteiger partial charge in [0, 0.05) is 29.8 Å². The molecule has 0 aliphatic heterocycles. The number of rotatable bonds is 8. The van der Waals surface area contributed by atoms with E-state index in [2.05, 4.69) is 68.5 Å². The highest BCUT2D eigenvalue weighted by atomic mass is 32.1. The van der Waals surface area contributed by atoms with Gasteiger partial charge in [-0.1, -0.05) is 105 Å². The average Bonchev–Trinajstić information content (AvgIpc) is 4.14. The molecule has 0 aliphatic carbocycles. The molecule has 0 spiro atoms. The number of nitrogens with one attached hydrogen (secondary N) is 8. The highest BCUT2D eigenvalue weighted by Gasteiger charge is 2.13. The van der Waals surface area contributed by atoms with Crippen LogP contribution in [0.1, 0.15) is 58.9 Å². The maximum atomic E-state index is 11.8. The van der Waals surface area contributed by atoms with Gasteiger partial charge >= 0.3 is 0 Å². The first-order chi connectivity index (χ1) is 34.9. The Labute approximate surface area is 455 Å². The monoisotopic (exact) mass is 1110 g/mol. The minimum absolute atomic E-state index is 0.0971. The molecule has 23 heteroatoms. The molecule has 4 amide bonds. The molecular formula is C50H50N12O4S7. The second-order valence-electron chi connectivity index (χ2n) is 15.8. The van der Waals surface area contributed by atoms with Crippen LogP contribution in [0.4, 0.5) is 21.9 Å². The SMILES string of the molecule is CC(C)C(=O)NC(=S)Nc1nc2ccccc2s1.Cc1ccc(NC(=S)NC(=O)c2cccs2)nc1.Cc1ccc2nc(NC(=S)NC(=O)C(C)C)sc2c1.O=C(NC(=S)Nc1ccccn1)c1ccccc1. The van der Waals surface area contributed by atoms with E-state index in [4.69, 9.17) is 48.9 Å². The molecule has 5 heterocycles. The second kappa shape index (κ2) is 28.8. The van der Waals surface area contributed by atoms with Gasteiger partial charge in [0.15, 0.2) is 30.7 Å². The lowest BCUT2D eigenvalue weighted by atomic mass is 10.2. The lowest BCUT2D eigenvalue weighted by Gasteiger charge is -2.08. The molecule has 0 saturated heterocycles. The summed E-state index contributed by atoms with van der Waals surface area (Å²) < 4.78 is 2.18. The molecule has 0 atom stereocenters. The number of carbonyl (C=O) groups excluding carboxylic acids is 4. The predicted molar refractivity (Wildman–Crippen MR) is 314 cm³/mol. The first-order valence-electron chi connectivity index (χ1n) is 22.1. The molecule has 0 radical (unpaired) electrons. The molecule has 0 aliphatic rings. The van der Waals surface area contributed by atoms with E-state index in [1.165, 1.54) is 39.6 Å². The van der Waals surface area contributed by atoms with Crippen molar-refractivity contribution in [2.45, 2.75) is 41.5 Å². The molecule has 8 aromatic rings. The number of nitrogens with zero attached hydrogens (tertiary/aromatic N) is 4. The number of thiocarbonyl (C=S) groups is 4. The van der Waals surface area contributed by atoms with Crippen LogP contribution < -0.4 is 42.5 Å². The van der Waals surface area contributed by atoms with E-state index in [9.17, 15) is 19.2 Å². The molecule has 376 valence electrons. The number of para-hydroxylation sites is 1. The van der Waals surface area contributed by atoms with Gasteiger partial charge in [0.05, 0.1) is 25.3 Å². The van der Waals surface area contributed by atoms with Crippen molar-refractivity contribution in [2.75, 3.05) is 21.3 Å². The van der Waals surface area contributed by atoms with Gasteiger partial charge in [-0.15, -0.1) is 11.3 Å². The van der Waals surface area contributed by atoms with Crippen molar-refractivity contribution in [3.8, 4) is 0 Å². The van der Waals surface area contributed by atoms with E-state index in [-0.39, 0.29) is 55.9 Å². The van der Waals surface area contributed by atoms with Crippen molar-refractivity contribution in [1.29, 1.82) is 0 Å². The van der Waals surface area contributed by atoms with Crippen LogP contribution in [0.3, 0.4) is 0 Å². The molecule has 0 saturated carbocycles. The van der Waals surface area contributed by atoms with Gasteiger partial charge in [0.25, 0.3) is 11.8 Å². The quantitative estimate of drug-likeness (QED) is 0.0664. The topological polar surface area (TPSA) is 216 Å². The first-order valence-corrected chi connectivity index (χ1v) is 26.2. The normalized spacial score (nSPS) is 10.2. The fourth-order valence-corrected chi connectivity index (χ4v) is 8.77. The average molecular weight is 1110 g/mol. The number of thiazole rings is 2. The van der Waals surface area contributed by atoms with E-state index in [0.29, 0.717) is 32.3 Å². The molecule has 8 N–H and O–H groups in total. The fourth-order valence-electron chi connectivity index (χ4n) is 5.39. The summed E-state index contributed by atoms with van der Waals surface area (Å²) in [5, 5.41) is 26.2. The van der Waals surface area contributed by atoms with Gasteiger partial charge in [-0.3, -0.25) is 29.8 Å². The smallest absolute Gasteiger partial charge is 0.267 e. The molecule has 0 bridgehead atoms. The third-order valence-corrected chi connectivity index (χ3v) is 12.7. The second-order valence-corrected chi connectivity index (χ2v) is 20.4. The number of amides is 4. The number of hydrogen-bond donors (Lipinski definition) is 8. The maximum absolute atomic E-state index is 11.8. The molecule has 0 unspecified atom stereocenters. The lowest BCUT2D eigenvalue weighted by Crippen LogP contribution is -2.36. The van der Waals surface area contributed by atoms with Gasteiger partial charge in [-0.2, -0.15) is 0 Å². The van der Waals surface area contributed by atoms with Crippen molar-refractivity contribution < 1.29 is 19.2 Å². The van der Waals surface area contributed by atoms with Gasteiger partial charge in [0.1, 0.15) is 11.6 Å². The summed E-state index contributed by atoms with van der Waals surface area (Å²) in [5.74, 6) is 0.340. The van der Waals surface area contributed by atoms with Crippen molar-refractivity contribution in [3.05, 3.63) is 155 Å². The van der Waals surface area contributed by atoms with Crippen molar-refractivity contribution in [2.24, 2.45) is 11.8 Å². The van der Waals surface area contributed by atoms with Crippen molar-refractivity contribution >= 4 is 169 Å². The van der Waals surface area contributed by atoms with Gasteiger partial charge in [0.2, 0.25) is 11.8 Å². The molecule has 3 aromatic carbocycles. The minimum Gasteiger partial charge on any atom is -0.317 e. The molecular weight excluding hydrogens is 1060 g/mol.